The predicted octanol–water partition coefficient (Wildman–Crippen LogP) is -0.752. The van der Waals surface area contributed by atoms with E-state index in [1.54, 1.807) is 13.8 Å². The molecule has 0 spiro atoms. The van der Waals surface area contributed by atoms with Crippen molar-refractivity contribution in [3.05, 3.63) is 35.9 Å². The minimum Gasteiger partial charge on any atom is -0.481 e. The second-order valence-corrected chi connectivity index (χ2v) is 7.63. The van der Waals surface area contributed by atoms with Crippen molar-refractivity contribution in [1.29, 1.82) is 0 Å². The molecule has 1 aromatic carbocycles. The van der Waals surface area contributed by atoms with Gasteiger partial charge in [-0.05, 0) is 24.3 Å². The van der Waals surface area contributed by atoms with Gasteiger partial charge < -0.3 is 31.9 Å². The highest BCUT2D eigenvalue weighted by Gasteiger charge is 2.30. The van der Waals surface area contributed by atoms with Gasteiger partial charge in [0.2, 0.25) is 17.7 Å². The van der Waals surface area contributed by atoms with Crippen molar-refractivity contribution >= 4 is 29.7 Å². The van der Waals surface area contributed by atoms with Crippen LogP contribution in [0.1, 0.15) is 32.3 Å². The average molecular weight is 450 g/mol. The predicted molar refractivity (Wildman–Crippen MR) is 114 cm³/mol. The zero-order valence-corrected chi connectivity index (χ0v) is 18.0. The summed E-state index contributed by atoms with van der Waals surface area (Å²) < 4.78 is 0. The first-order valence-corrected chi connectivity index (χ1v) is 10.1. The summed E-state index contributed by atoms with van der Waals surface area (Å²) in [6.07, 6.45) is -0.414. The van der Waals surface area contributed by atoms with Crippen LogP contribution in [0.3, 0.4) is 0 Å². The van der Waals surface area contributed by atoms with Crippen LogP contribution in [-0.4, -0.2) is 64.5 Å². The highest BCUT2D eigenvalue weighted by molar-refractivity contribution is 5.94. The molecule has 32 heavy (non-hydrogen) atoms. The number of benzene rings is 1. The Kier molecular flexibility index (Phi) is 10.8. The van der Waals surface area contributed by atoms with Crippen LogP contribution in [-0.2, 0) is 30.4 Å². The molecule has 0 aliphatic heterocycles. The molecule has 0 aromatic heterocycles. The Morgan fingerprint density at radius 3 is 2.06 bits per heavy atom. The van der Waals surface area contributed by atoms with Crippen LogP contribution in [0.25, 0.3) is 0 Å². The van der Waals surface area contributed by atoms with E-state index < -0.39 is 60.8 Å². The number of nitrogens with two attached hydrogens (primary N) is 1. The van der Waals surface area contributed by atoms with Crippen LogP contribution in [0.5, 0.6) is 0 Å². The van der Waals surface area contributed by atoms with Gasteiger partial charge in [-0.1, -0.05) is 44.2 Å². The first kappa shape index (κ1) is 26.6. The van der Waals surface area contributed by atoms with Gasteiger partial charge in [-0.3, -0.25) is 24.0 Å². The van der Waals surface area contributed by atoms with Crippen LogP contribution >= 0.6 is 0 Å². The van der Waals surface area contributed by atoms with E-state index in [0.29, 0.717) is 0 Å². The molecule has 11 nitrogen and oxygen atoms in total. The summed E-state index contributed by atoms with van der Waals surface area (Å²) >= 11 is 0. The van der Waals surface area contributed by atoms with Crippen LogP contribution in [0.4, 0.5) is 0 Å². The number of carboxylic acid groups (broad SMARTS) is 2. The summed E-state index contributed by atoms with van der Waals surface area (Å²) in [6, 6.07) is 5.88. The van der Waals surface area contributed by atoms with Gasteiger partial charge in [0.15, 0.2) is 0 Å². The summed E-state index contributed by atoms with van der Waals surface area (Å²) in [4.78, 5) is 59.1. The van der Waals surface area contributed by atoms with E-state index in [0.717, 1.165) is 5.56 Å². The molecule has 0 aliphatic rings. The van der Waals surface area contributed by atoms with Gasteiger partial charge in [-0.2, -0.15) is 0 Å². The van der Waals surface area contributed by atoms with Gasteiger partial charge in [-0.25, -0.2) is 0 Å². The van der Waals surface area contributed by atoms with Crippen LogP contribution in [0.15, 0.2) is 30.3 Å². The highest BCUT2D eigenvalue weighted by Crippen LogP contribution is 2.07. The minimum absolute atomic E-state index is 0.251. The monoisotopic (exact) mass is 450 g/mol. The molecule has 0 fully saturated rings. The van der Waals surface area contributed by atoms with Gasteiger partial charge >= 0.3 is 11.9 Å². The maximum atomic E-state index is 12.8. The van der Waals surface area contributed by atoms with Crippen LogP contribution in [0, 0.1) is 5.92 Å². The number of rotatable bonds is 13. The van der Waals surface area contributed by atoms with Gasteiger partial charge in [0, 0.05) is 6.42 Å². The quantitative estimate of drug-likeness (QED) is 0.226. The van der Waals surface area contributed by atoms with Gasteiger partial charge in [0.1, 0.15) is 18.6 Å². The SMILES string of the molecule is CC(C)C(NC(=O)C(N)Cc1ccccc1)C(=O)NC(CCC(=O)O)C(=O)NCC(=O)O. The number of hydrogen-bond donors (Lipinski definition) is 6. The van der Waals surface area contributed by atoms with Gasteiger partial charge in [0.05, 0.1) is 6.04 Å². The van der Waals surface area contributed by atoms with Gasteiger partial charge in [-0.15, -0.1) is 0 Å². The molecule has 0 radical (unpaired) electrons. The third-order valence-electron chi connectivity index (χ3n) is 4.58. The summed E-state index contributed by atoms with van der Waals surface area (Å²) in [5.74, 6) is -4.94. The normalized spacial score (nSPS) is 13.5. The molecule has 3 atom stereocenters. The topological polar surface area (TPSA) is 188 Å². The number of hydrogen-bond acceptors (Lipinski definition) is 6. The Bertz CT molecular complexity index is 814. The molecule has 1 rings (SSSR count). The first-order valence-electron chi connectivity index (χ1n) is 10.1. The van der Waals surface area contributed by atoms with E-state index in [2.05, 4.69) is 16.0 Å². The zero-order valence-electron chi connectivity index (χ0n) is 18.0. The summed E-state index contributed by atoms with van der Waals surface area (Å²) in [7, 11) is 0. The van der Waals surface area contributed by atoms with Crippen molar-refractivity contribution in [2.45, 2.75) is 51.2 Å². The number of aliphatic carboxylic acids is 2. The fraction of sp³-hybridized carbons (Fsp3) is 0.476. The molecule has 1 aromatic rings. The molecule has 3 amide bonds. The number of amides is 3. The Balaban J connectivity index is 2.83. The first-order chi connectivity index (χ1) is 15.0. The van der Waals surface area contributed by atoms with Crippen LogP contribution in [0.2, 0.25) is 0 Å². The van der Waals surface area contributed by atoms with Crippen molar-refractivity contribution in [1.82, 2.24) is 16.0 Å². The highest BCUT2D eigenvalue weighted by atomic mass is 16.4. The van der Waals surface area contributed by atoms with E-state index in [1.165, 1.54) is 0 Å². The molecule has 11 heteroatoms. The maximum Gasteiger partial charge on any atom is 0.322 e. The number of carbonyl (C=O) groups excluding carboxylic acids is 3. The largest absolute Gasteiger partial charge is 0.481 e. The Morgan fingerprint density at radius 2 is 1.53 bits per heavy atom. The Hall–Kier alpha value is -3.47. The number of carboxylic acids is 2. The lowest BCUT2D eigenvalue weighted by Crippen LogP contribution is -2.57. The van der Waals surface area contributed by atoms with Crippen molar-refractivity contribution in [3.63, 3.8) is 0 Å². The second kappa shape index (κ2) is 13.1. The summed E-state index contributed by atoms with van der Waals surface area (Å²) in [6.45, 7) is 2.69. The van der Waals surface area contributed by atoms with E-state index in [1.807, 2.05) is 30.3 Å². The zero-order chi connectivity index (χ0) is 24.3. The molecule has 0 bridgehead atoms. The molecule has 0 aliphatic carbocycles. The molecule has 0 saturated heterocycles. The smallest absolute Gasteiger partial charge is 0.322 e. The molecule has 3 unspecified atom stereocenters. The fourth-order valence-corrected chi connectivity index (χ4v) is 2.84. The number of nitrogens with one attached hydrogen (secondary N) is 3. The third-order valence-corrected chi connectivity index (χ3v) is 4.58. The van der Waals surface area contributed by atoms with Gasteiger partial charge in [0.25, 0.3) is 0 Å². The maximum absolute atomic E-state index is 12.8. The third kappa shape index (κ3) is 9.56. The van der Waals surface area contributed by atoms with E-state index >= 15 is 0 Å². The molecule has 0 saturated carbocycles. The molecule has 176 valence electrons. The number of carbonyl (C=O) groups is 5. The van der Waals surface area contributed by atoms with Crippen molar-refractivity contribution in [2.24, 2.45) is 11.7 Å². The standard InChI is InChI=1S/C21H30N4O7/c1-12(2)18(25-19(30)14(22)10-13-6-4-3-5-7-13)21(32)24-15(8-9-16(26)27)20(31)23-11-17(28)29/h3-7,12,14-15,18H,8-11,22H2,1-2H3,(H,23,31)(H,24,32)(H,25,30)(H,26,27)(H,28,29). The fourth-order valence-electron chi connectivity index (χ4n) is 2.84. The van der Waals surface area contributed by atoms with Crippen molar-refractivity contribution in [2.75, 3.05) is 6.54 Å². The molecule has 7 N–H and O–H groups in total. The van der Waals surface area contributed by atoms with Crippen LogP contribution < -0.4 is 21.7 Å². The Morgan fingerprint density at radius 1 is 0.906 bits per heavy atom. The minimum atomic E-state index is -1.29. The summed E-state index contributed by atoms with van der Waals surface area (Å²) in [5, 5.41) is 24.7. The van der Waals surface area contributed by atoms with E-state index in [-0.39, 0.29) is 18.8 Å². The van der Waals surface area contributed by atoms with Crippen molar-refractivity contribution < 1.29 is 34.2 Å². The molecular weight excluding hydrogens is 420 g/mol. The second-order valence-electron chi connectivity index (χ2n) is 7.63. The van der Waals surface area contributed by atoms with E-state index in [9.17, 15) is 24.0 Å². The lowest BCUT2D eigenvalue weighted by Gasteiger charge is -2.26. The Labute approximate surface area is 185 Å². The lowest BCUT2D eigenvalue weighted by molar-refractivity contribution is -0.140. The molecular formula is C21H30N4O7. The van der Waals surface area contributed by atoms with E-state index in [4.69, 9.17) is 15.9 Å². The molecule has 0 heterocycles. The van der Waals surface area contributed by atoms with Crippen molar-refractivity contribution in [3.8, 4) is 0 Å². The summed E-state index contributed by atoms with van der Waals surface area (Å²) in [5.41, 5.74) is 6.82. The average Bonchev–Trinajstić information content (AvgIpc) is 2.73. The lowest BCUT2D eigenvalue weighted by atomic mass is 10.0.